The van der Waals surface area contributed by atoms with Gasteiger partial charge in [0, 0.05) is 13.2 Å². The van der Waals surface area contributed by atoms with Crippen LogP contribution >= 0.6 is 0 Å². The lowest BCUT2D eigenvalue weighted by Gasteiger charge is -2.23. The highest BCUT2D eigenvalue weighted by Crippen LogP contribution is 2.30. The van der Waals surface area contributed by atoms with Gasteiger partial charge in [-0.05, 0) is 25.8 Å². The van der Waals surface area contributed by atoms with E-state index in [1.807, 2.05) is 23.7 Å². The zero-order valence-electron chi connectivity index (χ0n) is 14.8. The molecule has 1 aliphatic carbocycles. The van der Waals surface area contributed by atoms with E-state index in [1.165, 1.54) is 19.3 Å². The highest BCUT2D eigenvalue weighted by Gasteiger charge is 2.20. The van der Waals surface area contributed by atoms with Gasteiger partial charge in [-0.1, -0.05) is 19.3 Å². The summed E-state index contributed by atoms with van der Waals surface area (Å²) >= 11 is 0. The lowest BCUT2D eigenvalue weighted by molar-refractivity contribution is 0.181. The van der Waals surface area contributed by atoms with Crippen molar-refractivity contribution in [3.8, 4) is 0 Å². The summed E-state index contributed by atoms with van der Waals surface area (Å²) in [6, 6.07) is 3.92. The van der Waals surface area contributed by atoms with Crippen molar-refractivity contribution in [3.63, 3.8) is 0 Å². The summed E-state index contributed by atoms with van der Waals surface area (Å²) in [7, 11) is 1.62. The van der Waals surface area contributed by atoms with Crippen molar-refractivity contribution in [2.45, 2.75) is 58.2 Å². The Morgan fingerprint density at radius 3 is 2.92 bits per heavy atom. The number of amides is 2. The van der Waals surface area contributed by atoms with Gasteiger partial charge in [-0.25, -0.2) is 9.48 Å². The minimum absolute atomic E-state index is 0.250. The van der Waals surface area contributed by atoms with Crippen LogP contribution < -0.4 is 10.6 Å². The Morgan fingerprint density at radius 1 is 1.36 bits per heavy atom. The van der Waals surface area contributed by atoms with Gasteiger partial charge < -0.3 is 10.1 Å². The van der Waals surface area contributed by atoms with Gasteiger partial charge in [-0.3, -0.25) is 10.4 Å². The Labute approximate surface area is 147 Å². The molecule has 0 spiro atoms. The molecule has 8 nitrogen and oxygen atoms in total. The minimum atomic E-state index is -0.250. The first kappa shape index (κ1) is 17.5. The number of carbonyl (C=O) groups excluding carboxylic acids is 1. The average molecular weight is 346 g/mol. The molecule has 2 aromatic rings. The van der Waals surface area contributed by atoms with Gasteiger partial charge in [-0.15, -0.1) is 0 Å². The van der Waals surface area contributed by atoms with E-state index in [9.17, 15) is 4.79 Å². The van der Waals surface area contributed by atoms with Crippen LogP contribution in [0.2, 0.25) is 0 Å². The number of anilines is 1. The predicted molar refractivity (Wildman–Crippen MR) is 94.2 cm³/mol. The van der Waals surface area contributed by atoms with Gasteiger partial charge in [0.1, 0.15) is 5.82 Å². The third-order valence-corrected chi connectivity index (χ3v) is 4.44. The van der Waals surface area contributed by atoms with Gasteiger partial charge in [0.2, 0.25) is 0 Å². The number of aromatic amines is 1. The Morgan fingerprint density at radius 2 is 2.16 bits per heavy atom. The molecule has 0 bridgehead atoms. The highest BCUT2D eigenvalue weighted by atomic mass is 16.5. The number of urea groups is 1. The second kappa shape index (κ2) is 8.15. The highest BCUT2D eigenvalue weighted by molar-refractivity contribution is 5.88. The minimum Gasteiger partial charge on any atom is -0.378 e. The van der Waals surface area contributed by atoms with Crippen molar-refractivity contribution in [1.29, 1.82) is 0 Å². The fourth-order valence-corrected chi connectivity index (χ4v) is 3.27. The van der Waals surface area contributed by atoms with Gasteiger partial charge in [0.15, 0.2) is 0 Å². The summed E-state index contributed by atoms with van der Waals surface area (Å²) in [6.07, 6.45) is 5.97. The molecule has 2 heterocycles. The number of hydrogen-bond donors (Lipinski definition) is 3. The summed E-state index contributed by atoms with van der Waals surface area (Å²) < 4.78 is 7.00. The first-order chi connectivity index (χ1) is 12.2. The third kappa shape index (κ3) is 4.60. The summed E-state index contributed by atoms with van der Waals surface area (Å²) in [6.45, 7) is 2.77. The average Bonchev–Trinajstić information content (AvgIpc) is 3.20. The molecule has 2 amide bonds. The molecule has 0 aliphatic heterocycles. The fourth-order valence-electron chi connectivity index (χ4n) is 3.27. The number of H-pyrrole nitrogens is 1. The largest absolute Gasteiger partial charge is 0.378 e. The van der Waals surface area contributed by atoms with E-state index in [-0.39, 0.29) is 6.03 Å². The van der Waals surface area contributed by atoms with E-state index in [1.54, 1.807) is 7.11 Å². The fraction of sp³-hybridized carbons (Fsp3) is 0.588. The van der Waals surface area contributed by atoms with E-state index in [4.69, 9.17) is 4.74 Å². The maximum atomic E-state index is 12.2. The van der Waals surface area contributed by atoms with Crippen molar-refractivity contribution < 1.29 is 9.53 Å². The molecule has 136 valence electrons. The van der Waals surface area contributed by atoms with Gasteiger partial charge in [0.25, 0.3) is 0 Å². The normalized spacial score (nSPS) is 15.3. The second-order valence-corrected chi connectivity index (χ2v) is 6.53. The topological polar surface area (TPSA) is 96.9 Å². The smallest absolute Gasteiger partial charge is 0.320 e. The Bertz CT molecular complexity index is 702. The molecule has 2 aromatic heterocycles. The number of hydrogen-bond acceptors (Lipinski definition) is 4. The monoisotopic (exact) mass is 346 g/mol. The Balaban J connectivity index is 1.57. The van der Waals surface area contributed by atoms with Crippen LogP contribution in [-0.4, -0.2) is 33.1 Å². The van der Waals surface area contributed by atoms with Crippen molar-refractivity contribution in [2.75, 3.05) is 12.4 Å². The van der Waals surface area contributed by atoms with E-state index in [0.29, 0.717) is 19.2 Å². The number of aryl methyl sites for hydroxylation is 1. The van der Waals surface area contributed by atoms with Gasteiger partial charge >= 0.3 is 6.03 Å². The molecule has 8 heteroatoms. The quantitative estimate of drug-likeness (QED) is 0.749. The van der Waals surface area contributed by atoms with Crippen molar-refractivity contribution in [1.82, 2.24) is 25.3 Å². The van der Waals surface area contributed by atoms with Crippen LogP contribution in [-0.2, 0) is 17.9 Å². The Hall–Kier alpha value is -2.35. The molecule has 1 saturated carbocycles. The second-order valence-electron chi connectivity index (χ2n) is 6.53. The van der Waals surface area contributed by atoms with Crippen LogP contribution in [0.5, 0.6) is 0 Å². The number of rotatable bonds is 6. The number of nitrogens with one attached hydrogen (secondary N) is 3. The van der Waals surface area contributed by atoms with E-state index in [2.05, 4.69) is 25.9 Å². The number of ether oxygens (including phenoxy) is 1. The molecule has 1 aliphatic rings. The first-order valence-electron chi connectivity index (χ1n) is 8.79. The van der Waals surface area contributed by atoms with Crippen LogP contribution in [0.15, 0.2) is 12.1 Å². The maximum Gasteiger partial charge on any atom is 0.320 e. The number of carbonyl (C=O) groups is 1. The number of methoxy groups -OCH3 is 1. The van der Waals surface area contributed by atoms with Gasteiger partial charge in [0.05, 0.1) is 36.3 Å². The molecule has 0 unspecified atom stereocenters. The molecule has 3 rings (SSSR count). The molecule has 3 N–H and O–H groups in total. The molecule has 25 heavy (non-hydrogen) atoms. The van der Waals surface area contributed by atoms with Gasteiger partial charge in [-0.2, -0.15) is 10.2 Å². The summed E-state index contributed by atoms with van der Waals surface area (Å²) in [5.74, 6) is 0.756. The van der Waals surface area contributed by atoms with E-state index in [0.717, 1.165) is 35.7 Å². The van der Waals surface area contributed by atoms with Crippen LogP contribution in [0.1, 0.15) is 55.2 Å². The third-order valence-electron chi connectivity index (χ3n) is 4.44. The maximum absolute atomic E-state index is 12.2. The zero-order chi connectivity index (χ0) is 17.6. The predicted octanol–water partition coefficient (Wildman–Crippen LogP) is 2.89. The van der Waals surface area contributed by atoms with Crippen LogP contribution in [0.3, 0.4) is 0 Å². The Kier molecular flexibility index (Phi) is 5.70. The van der Waals surface area contributed by atoms with Crippen molar-refractivity contribution >= 4 is 11.8 Å². The number of nitrogens with zero attached hydrogens (tertiary/aromatic N) is 3. The standard InChI is InChI=1S/C17H26N6O2/c1-12-8-16(23(22-12)15-6-4-3-5-7-15)19-17(24)18-10-13-9-14(11-25-2)21-20-13/h8-9,15H,3-7,10-11H2,1-2H3,(H,20,21)(H2,18,19,24). The molecule has 0 aromatic carbocycles. The van der Waals surface area contributed by atoms with Crippen LogP contribution in [0.4, 0.5) is 10.6 Å². The summed E-state index contributed by atoms with van der Waals surface area (Å²) in [5, 5.41) is 17.3. The van der Waals surface area contributed by atoms with E-state index >= 15 is 0 Å². The lowest BCUT2D eigenvalue weighted by Crippen LogP contribution is -2.30. The van der Waals surface area contributed by atoms with Crippen LogP contribution in [0.25, 0.3) is 0 Å². The molecule has 0 saturated heterocycles. The zero-order valence-corrected chi connectivity index (χ0v) is 14.8. The van der Waals surface area contributed by atoms with Crippen LogP contribution in [0, 0.1) is 6.92 Å². The first-order valence-corrected chi connectivity index (χ1v) is 8.79. The summed E-state index contributed by atoms with van der Waals surface area (Å²) in [5.41, 5.74) is 2.56. The van der Waals surface area contributed by atoms with E-state index < -0.39 is 0 Å². The molecule has 0 atom stereocenters. The summed E-state index contributed by atoms with van der Waals surface area (Å²) in [4.78, 5) is 12.2. The van der Waals surface area contributed by atoms with Crippen molar-refractivity contribution in [2.24, 2.45) is 0 Å². The molecule has 1 fully saturated rings. The SMILES string of the molecule is COCc1cc(CNC(=O)Nc2cc(C)nn2C2CCCCC2)[nH]n1. The molecular formula is C17H26N6O2. The molecular weight excluding hydrogens is 320 g/mol. The number of aromatic nitrogens is 4. The lowest BCUT2D eigenvalue weighted by atomic mass is 9.96. The molecule has 0 radical (unpaired) electrons. The van der Waals surface area contributed by atoms with Crippen molar-refractivity contribution in [3.05, 3.63) is 29.2 Å².